The summed E-state index contributed by atoms with van der Waals surface area (Å²) in [6, 6.07) is 0. The predicted molar refractivity (Wildman–Crippen MR) is 34.2 cm³/mol. The zero-order valence-corrected chi connectivity index (χ0v) is 5.32. The van der Waals surface area contributed by atoms with E-state index >= 15 is 0 Å². The summed E-state index contributed by atoms with van der Waals surface area (Å²) in [5.41, 5.74) is 0.521. The van der Waals surface area contributed by atoms with Crippen molar-refractivity contribution in [1.82, 2.24) is 0 Å². The van der Waals surface area contributed by atoms with Crippen molar-refractivity contribution in [3.63, 3.8) is 0 Å². The molecule has 0 amide bonds. The van der Waals surface area contributed by atoms with Crippen molar-refractivity contribution < 1.29 is 4.74 Å². The van der Waals surface area contributed by atoms with E-state index in [2.05, 4.69) is 6.58 Å². The molecule has 0 aromatic heterocycles. The molecule has 0 aromatic carbocycles. The van der Waals surface area contributed by atoms with Crippen molar-refractivity contribution >= 4 is 5.71 Å². The topological polar surface area (TPSA) is 33.1 Å². The Balaban J connectivity index is 3.18. The molecule has 0 aliphatic carbocycles. The average molecular weight is 113 g/mol. The van der Waals surface area contributed by atoms with Gasteiger partial charge in [-0.25, -0.2) is 0 Å². The van der Waals surface area contributed by atoms with E-state index in [4.69, 9.17) is 10.1 Å². The minimum atomic E-state index is 0.370. The van der Waals surface area contributed by atoms with Gasteiger partial charge in [0.1, 0.15) is 6.61 Å². The number of rotatable bonds is 3. The smallest absolute Gasteiger partial charge is 0.125 e. The van der Waals surface area contributed by atoms with Gasteiger partial charge in [-0.05, 0) is 13.8 Å². The Morgan fingerprint density at radius 3 is 2.25 bits per heavy atom. The molecule has 0 spiro atoms. The van der Waals surface area contributed by atoms with Crippen LogP contribution < -0.4 is 0 Å². The third-order valence-corrected chi connectivity index (χ3v) is 0.535. The van der Waals surface area contributed by atoms with Gasteiger partial charge in [0.15, 0.2) is 0 Å². The van der Waals surface area contributed by atoms with Gasteiger partial charge in [0.25, 0.3) is 0 Å². The highest BCUT2D eigenvalue weighted by atomic mass is 16.5. The summed E-state index contributed by atoms with van der Waals surface area (Å²) in [5.74, 6) is 0.664. The predicted octanol–water partition coefficient (Wildman–Crippen LogP) is 1.58. The second-order valence-corrected chi connectivity index (χ2v) is 1.77. The lowest BCUT2D eigenvalue weighted by Gasteiger charge is -2.00. The molecule has 0 unspecified atom stereocenters. The van der Waals surface area contributed by atoms with Crippen molar-refractivity contribution in [1.29, 1.82) is 5.41 Å². The van der Waals surface area contributed by atoms with Crippen LogP contribution in [0.4, 0.5) is 0 Å². The summed E-state index contributed by atoms with van der Waals surface area (Å²) in [5, 5.41) is 6.92. The van der Waals surface area contributed by atoms with Crippen LogP contribution in [-0.4, -0.2) is 12.3 Å². The summed E-state index contributed by atoms with van der Waals surface area (Å²) >= 11 is 0. The van der Waals surface area contributed by atoms with Crippen molar-refractivity contribution in [3.8, 4) is 0 Å². The van der Waals surface area contributed by atoms with Crippen LogP contribution in [0.2, 0.25) is 0 Å². The van der Waals surface area contributed by atoms with E-state index in [-0.39, 0.29) is 0 Å². The molecule has 0 atom stereocenters. The van der Waals surface area contributed by atoms with Gasteiger partial charge in [-0.15, -0.1) is 0 Å². The lowest BCUT2D eigenvalue weighted by atomic mass is 10.5. The van der Waals surface area contributed by atoms with Crippen LogP contribution in [0.5, 0.6) is 0 Å². The minimum Gasteiger partial charge on any atom is -0.493 e. The molecule has 0 radical (unpaired) electrons. The Morgan fingerprint density at radius 1 is 1.62 bits per heavy atom. The molecule has 0 heterocycles. The van der Waals surface area contributed by atoms with Gasteiger partial charge in [-0.3, -0.25) is 0 Å². The highest BCUT2D eigenvalue weighted by Crippen LogP contribution is 1.88. The van der Waals surface area contributed by atoms with Gasteiger partial charge in [0, 0.05) is 5.71 Å². The van der Waals surface area contributed by atoms with Gasteiger partial charge in [-0.2, -0.15) is 0 Å². The normalized spacial score (nSPS) is 8.25. The molecule has 8 heavy (non-hydrogen) atoms. The second-order valence-electron chi connectivity index (χ2n) is 1.77. The Kier molecular flexibility index (Phi) is 2.92. The number of hydrogen-bond acceptors (Lipinski definition) is 2. The summed E-state index contributed by atoms with van der Waals surface area (Å²) < 4.78 is 4.88. The van der Waals surface area contributed by atoms with Gasteiger partial charge in [0.05, 0.1) is 5.76 Å². The second kappa shape index (κ2) is 3.24. The molecule has 2 heteroatoms. The maximum atomic E-state index is 6.92. The first-order valence-electron chi connectivity index (χ1n) is 2.45. The lowest BCUT2D eigenvalue weighted by Crippen LogP contribution is -2.00. The van der Waals surface area contributed by atoms with Crippen LogP contribution in [0.3, 0.4) is 0 Å². The first-order chi connectivity index (χ1) is 3.63. The van der Waals surface area contributed by atoms with Gasteiger partial charge in [0.2, 0.25) is 0 Å². The van der Waals surface area contributed by atoms with Crippen LogP contribution in [0, 0.1) is 5.41 Å². The van der Waals surface area contributed by atoms with Crippen LogP contribution in [0.1, 0.15) is 13.8 Å². The van der Waals surface area contributed by atoms with E-state index in [9.17, 15) is 0 Å². The first-order valence-corrected chi connectivity index (χ1v) is 2.45. The molecule has 0 bridgehead atoms. The standard InChI is InChI=1S/C6H11NO/c1-5(2)8-4-6(3)7/h7H,1,4H2,2-3H3. The van der Waals surface area contributed by atoms with Crippen LogP contribution in [-0.2, 0) is 4.74 Å². The first kappa shape index (κ1) is 7.21. The molecule has 0 aromatic rings. The van der Waals surface area contributed by atoms with Crippen LogP contribution >= 0.6 is 0 Å². The van der Waals surface area contributed by atoms with E-state index in [1.165, 1.54) is 0 Å². The fourth-order valence-corrected chi connectivity index (χ4v) is 0.231. The Hall–Kier alpha value is -0.790. The van der Waals surface area contributed by atoms with Gasteiger partial charge in [-0.1, -0.05) is 6.58 Å². The molecule has 1 N–H and O–H groups in total. The lowest BCUT2D eigenvalue weighted by molar-refractivity contribution is 0.262. The van der Waals surface area contributed by atoms with E-state index in [1.807, 2.05) is 0 Å². The summed E-state index contributed by atoms with van der Waals surface area (Å²) in [6.45, 7) is 7.34. The van der Waals surface area contributed by atoms with Crippen molar-refractivity contribution in [2.75, 3.05) is 6.61 Å². The van der Waals surface area contributed by atoms with Crippen molar-refractivity contribution in [2.24, 2.45) is 0 Å². The monoisotopic (exact) mass is 113 g/mol. The van der Waals surface area contributed by atoms with Gasteiger partial charge < -0.3 is 10.1 Å². The van der Waals surface area contributed by atoms with Crippen LogP contribution in [0.15, 0.2) is 12.3 Å². The number of nitrogens with one attached hydrogen (secondary N) is 1. The highest BCUT2D eigenvalue weighted by molar-refractivity contribution is 5.79. The molecular weight excluding hydrogens is 102 g/mol. The number of hydrogen-bond donors (Lipinski definition) is 1. The van der Waals surface area contributed by atoms with E-state index < -0.39 is 0 Å². The molecule has 0 fully saturated rings. The molecule has 0 saturated carbocycles. The van der Waals surface area contributed by atoms with Gasteiger partial charge >= 0.3 is 0 Å². The molecule has 46 valence electrons. The van der Waals surface area contributed by atoms with Crippen molar-refractivity contribution in [3.05, 3.63) is 12.3 Å². The highest BCUT2D eigenvalue weighted by Gasteiger charge is 1.85. The minimum absolute atomic E-state index is 0.370. The Labute approximate surface area is 49.7 Å². The SMILES string of the molecule is C=C(C)OCC(C)=N. The molecule has 2 nitrogen and oxygen atoms in total. The van der Waals surface area contributed by atoms with Crippen molar-refractivity contribution in [2.45, 2.75) is 13.8 Å². The largest absolute Gasteiger partial charge is 0.493 e. The zero-order valence-electron chi connectivity index (χ0n) is 5.32. The summed E-state index contributed by atoms with van der Waals surface area (Å²) in [4.78, 5) is 0. The zero-order chi connectivity index (χ0) is 6.57. The van der Waals surface area contributed by atoms with E-state index in [0.29, 0.717) is 18.1 Å². The molecule has 0 aliphatic heterocycles. The Bertz CT molecular complexity index is 93.1. The summed E-state index contributed by atoms with van der Waals surface area (Å²) in [7, 11) is 0. The van der Waals surface area contributed by atoms with E-state index in [1.54, 1.807) is 13.8 Å². The third-order valence-electron chi connectivity index (χ3n) is 0.535. The molecule has 0 aliphatic rings. The Morgan fingerprint density at radius 2 is 2.12 bits per heavy atom. The third kappa shape index (κ3) is 5.21. The molecular formula is C6H11NO. The molecule has 0 saturated heterocycles. The number of ether oxygens (including phenoxy) is 1. The quantitative estimate of drug-likeness (QED) is 0.437. The number of allylic oxidation sites excluding steroid dienone is 1. The fourth-order valence-electron chi connectivity index (χ4n) is 0.231. The van der Waals surface area contributed by atoms with Crippen LogP contribution in [0.25, 0.3) is 0 Å². The average Bonchev–Trinajstić information content (AvgIpc) is 1.61. The maximum Gasteiger partial charge on any atom is 0.125 e. The fraction of sp³-hybridized carbons (Fsp3) is 0.500. The molecule has 0 rings (SSSR count). The maximum absolute atomic E-state index is 6.92. The summed E-state index contributed by atoms with van der Waals surface area (Å²) in [6.07, 6.45) is 0. The van der Waals surface area contributed by atoms with E-state index in [0.717, 1.165) is 0 Å².